The quantitative estimate of drug-likeness (QED) is 0.777. The van der Waals surface area contributed by atoms with Gasteiger partial charge in [-0.1, -0.05) is 30.3 Å². The van der Waals surface area contributed by atoms with Crippen LogP contribution in [0.1, 0.15) is 52.7 Å². The first-order valence-electron chi connectivity index (χ1n) is 8.56. The zero-order valence-corrected chi connectivity index (χ0v) is 14.5. The number of hydrogen-bond donors (Lipinski definition) is 0. The standard InChI is InChI=1S/C21H18O5/c1-12-10-18-19(22)17-11-15(24-13(2)14-6-4-3-5-7-14)8-9-16(17)20(23)21(18)26-25-12/h3-9,11-13H,10H2,1-2H3. The molecule has 1 heterocycles. The third-order valence-corrected chi connectivity index (χ3v) is 4.60. The van der Waals surface area contributed by atoms with Crippen LogP contribution in [-0.2, 0) is 9.78 Å². The van der Waals surface area contributed by atoms with Crippen LogP contribution < -0.4 is 4.74 Å². The maximum atomic E-state index is 12.8. The smallest absolute Gasteiger partial charge is 0.232 e. The van der Waals surface area contributed by atoms with Gasteiger partial charge in [-0.3, -0.25) is 9.59 Å². The number of allylic oxidation sites excluding steroid dienone is 1. The van der Waals surface area contributed by atoms with E-state index >= 15 is 0 Å². The molecule has 2 aromatic carbocycles. The predicted octanol–water partition coefficient (Wildman–Crippen LogP) is 4.20. The summed E-state index contributed by atoms with van der Waals surface area (Å²) in [6, 6.07) is 14.7. The van der Waals surface area contributed by atoms with Gasteiger partial charge in [-0.25, -0.2) is 0 Å². The van der Waals surface area contributed by atoms with Crippen LogP contribution in [0.4, 0.5) is 0 Å². The Morgan fingerprint density at radius 2 is 1.81 bits per heavy atom. The van der Waals surface area contributed by atoms with Crippen LogP contribution in [0.2, 0.25) is 0 Å². The molecule has 0 fully saturated rings. The summed E-state index contributed by atoms with van der Waals surface area (Å²) < 4.78 is 5.97. The van der Waals surface area contributed by atoms with Crippen molar-refractivity contribution in [2.45, 2.75) is 32.5 Å². The lowest BCUT2D eigenvalue weighted by Gasteiger charge is -2.27. The second-order valence-corrected chi connectivity index (χ2v) is 6.54. The number of ether oxygens (including phenoxy) is 1. The molecule has 1 aliphatic heterocycles. The first-order chi connectivity index (χ1) is 12.5. The highest BCUT2D eigenvalue weighted by molar-refractivity contribution is 6.26. The van der Waals surface area contributed by atoms with Crippen LogP contribution in [0.15, 0.2) is 59.9 Å². The Hall–Kier alpha value is -2.92. The Balaban J connectivity index is 1.65. The highest BCUT2D eigenvalue weighted by atomic mass is 17.2. The lowest BCUT2D eigenvalue weighted by Crippen LogP contribution is -2.30. The van der Waals surface area contributed by atoms with Crippen molar-refractivity contribution < 1.29 is 24.1 Å². The molecule has 5 nitrogen and oxygen atoms in total. The number of carbonyl (C=O) groups is 2. The van der Waals surface area contributed by atoms with Crippen molar-refractivity contribution in [2.75, 3.05) is 0 Å². The van der Waals surface area contributed by atoms with Gasteiger partial charge in [0.2, 0.25) is 11.5 Å². The zero-order chi connectivity index (χ0) is 18.3. The molecule has 132 valence electrons. The van der Waals surface area contributed by atoms with E-state index in [2.05, 4.69) is 0 Å². The Morgan fingerprint density at radius 3 is 2.58 bits per heavy atom. The molecule has 26 heavy (non-hydrogen) atoms. The van der Waals surface area contributed by atoms with Gasteiger partial charge in [0.25, 0.3) is 0 Å². The molecule has 0 saturated heterocycles. The molecule has 4 rings (SSSR count). The first-order valence-corrected chi connectivity index (χ1v) is 8.56. The van der Waals surface area contributed by atoms with Gasteiger partial charge in [0.05, 0.1) is 5.57 Å². The second kappa shape index (κ2) is 6.42. The Bertz CT molecular complexity index is 913. The minimum absolute atomic E-state index is 0.00641. The van der Waals surface area contributed by atoms with E-state index < -0.39 is 0 Å². The van der Waals surface area contributed by atoms with E-state index in [1.165, 1.54) is 0 Å². The molecule has 5 heteroatoms. The molecule has 2 atom stereocenters. The van der Waals surface area contributed by atoms with Gasteiger partial charge >= 0.3 is 0 Å². The fourth-order valence-corrected chi connectivity index (χ4v) is 3.23. The molecule has 0 aromatic heterocycles. The summed E-state index contributed by atoms with van der Waals surface area (Å²) >= 11 is 0. The van der Waals surface area contributed by atoms with Crippen molar-refractivity contribution in [3.05, 3.63) is 76.6 Å². The first kappa shape index (κ1) is 16.5. The van der Waals surface area contributed by atoms with Gasteiger partial charge in [0.15, 0.2) is 5.78 Å². The van der Waals surface area contributed by atoms with E-state index in [0.717, 1.165) is 5.56 Å². The Morgan fingerprint density at radius 1 is 1.04 bits per heavy atom. The lowest BCUT2D eigenvalue weighted by atomic mass is 9.85. The predicted molar refractivity (Wildman–Crippen MR) is 93.9 cm³/mol. The summed E-state index contributed by atoms with van der Waals surface area (Å²) in [5.74, 6) is 0.0185. The van der Waals surface area contributed by atoms with E-state index in [9.17, 15) is 9.59 Å². The highest BCUT2D eigenvalue weighted by Crippen LogP contribution is 2.35. The van der Waals surface area contributed by atoms with Crippen LogP contribution >= 0.6 is 0 Å². The second-order valence-electron chi connectivity index (χ2n) is 6.54. The summed E-state index contributed by atoms with van der Waals surface area (Å²) in [7, 11) is 0. The Labute approximate surface area is 151 Å². The number of hydrogen-bond acceptors (Lipinski definition) is 5. The SMILES string of the molecule is CC1CC2=C(OO1)C(=O)c1ccc(OC(C)c3ccccc3)cc1C2=O. The molecule has 0 radical (unpaired) electrons. The van der Waals surface area contributed by atoms with Crippen molar-refractivity contribution in [3.8, 4) is 5.75 Å². The van der Waals surface area contributed by atoms with E-state index in [4.69, 9.17) is 14.5 Å². The van der Waals surface area contributed by atoms with E-state index in [1.54, 1.807) is 25.1 Å². The lowest BCUT2D eigenvalue weighted by molar-refractivity contribution is -0.295. The average molecular weight is 350 g/mol. The topological polar surface area (TPSA) is 61.8 Å². The van der Waals surface area contributed by atoms with Crippen LogP contribution in [0.3, 0.4) is 0 Å². The maximum absolute atomic E-state index is 12.8. The summed E-state index contributed by atoms with van der Waals surface area (Å²) in [4.78, 5) is 35.6. The zero-order valence-electron chi connectivity index (χ0n) is 14.5. The minimum Gasteiger partial charge on any atom is -0.486 e. The molecular weight excluding hydrogens is 332 g/mol. The largest absolute Gasteiger partial charge is 0.486 e. The molecule has 2 aliphatic rings. The molecule has 0 amide bonds. The maximum Gasteiger partial charge on any atom is 0.232 e. The molecule has 0 spiro atoms. The summed E-state index contributed by atoms with van der Waals surface area (Å²) in [6.07, 6.45) is -0.0976. The van der Waals surface area contributed by atoms with Gasteiger partial charge in [0.1, 0.15) is 18.0 Å². The number of fused-ring (bicyclic) bond motifs is 1. The van der Waals surface area contributed by atoms with Crippen molar-refractivity contribution >= 4 is 11.6 Å². The number of Topliss-reactive ketones (excluding diaryl/α,β-unsaturated/α-hetero) is 2. The van der Waals surface area contributed by atoms with Crippen LogP contribution in [-0.4, -0.2) is 17.7 Å². The monoisotopic (exact) mass is 350 g/mol. The van der Waals surface area contributed by atoms with Gasteiger partial charge in [-0.05, 0) is 37.6 Å². The van der Waals surface area contributed by atoms with Crippen molar-refractivity contribution in [3.63, 3.8) is 0 Å². The van der Waals surface area contributed by atoms with Crippen molar-refractivity contribution in [1.29, 1.82) is 0 Å². The van der Waals surface area contributed by atoms with Crippen LogP contribution in [0.5, 0.6) is 5.75 Å². The summed E-state index contributed by atoms with van der Waals surface area (Å²) in [6.45, 7) is 3.73. The minimum atomic E-state index is -0.329. The van der Waals surface area contributed by atoms with Crippen molar-refractivity contribution in [2.24, 2.45) is 0 Å². The van der Waals surface area contributed by atoms with Gasteiger partial charge in [-0.15, -0.1) is 0 Å². The van der Waals surface area contributed by atoms with E-state index in [0.29, 0.717) is 28.9 Å². The third kappa shape index (κ3) is 2.80. The molecule has 0 N–H and O–H groups in total. The molecule has 2 unspecified atom stereocenters. The third-order valence-electron chi connectivity index (χ3n) is 4.60. The normalized spacial score (nSPS) is 20.2. The molecular formula is C21H18O5. The summed E-state index contributed by atoms with van der Waals surface area (Å²) in [5, 5.41) is 0. The van der Waals surface area contributed by atoms with Gasteiger partial charge < -0.3 is 9.62 Å². The Kier molecular flexibility index (Phi) is 4.09. The van der Waals surface area contributed by atoms with Gasteiger partial charge in [0, 0.05) is 17.5 Å². The highest BCUT2D eigenvalue weighted by Gasteiger charge is 2.38. The fraction of sp³-hybridized carbons (Fsp3) is 0.238. The van der Waals surface area contributed by atoms with E-state index in [-0.39, 0.29) is 29.5 Å². The molecule has 0 saturated carbocycles. The number of rotatable bonds is 3. The number of carbonyl (C=O) groups excluding carboxylic acids is 2. The van der Waals surface area contributed by atoms with Crippen LogP contribution in [0, 0.1) is 0 Å². The number of benzene rings is 2. The molecule has 0 bridgehead atoms. The molecule has 2 aromatic rings. The molecule has 1 aliphatic carbocycles. The van der Waals surface area contributed by atoms with Gasteiger partial charge in [-0.2, -0.15) is 4.89 Å². The van der Waals surface area contributed by atoms with Crippen LogP contribution in [0.25, 0.3) is 0 Å². The fourth-order valence-electron chi connectivity index (χ4n) is 3.23. The summed E-state index contributed by atoms with van der Waals surface area (Å²) in [5.41, 5.74) is 2.06. The van der Waals surface area contributed by atoms with E-state index in [1.807, 2.05) is 37.3 Å². The average Bonchev–Trinajstić information content (AvgIpc) is 2.66. The van der Waals surface area contributed by atoms with Crippen molar-refractivity contribution in [1.82, 2.24) is 0 Å². The number of ketones is 2.